The van der Waals surface area contributed by atoms with E-state index >= 15 is 0 Å². The van der Waals surface area contributed by atoms with Crippen LogP contribution >= 0.6 is 0 Å². The van der Waals surface area contributed by atoms with Gasteiger partial charge in [-0.2, -0.15) is 0 Å². The normalized spacial score (nSPS) is 11.1. The van der Waals surface area contributed by atoms with Crippen molar-refractivity contribution in [1.29, 1.82) is 0 Å². The van der Waals surface area contributed by atoms with Crippen LogP contribution in [0.3, 0.4) is 0 Å². The van der Waals surface area contributed by atoms with E-state index < -0.39 is 0 Å². The van der Waals surface area contributed by atoms with Gasteiger partial charge in [0.05, 0.1) is 0 Å². The Morgan fingerprint density at radius 3 is 0.436 bits per heavy atom. The minimum absolute atomic E-state index is 1.07. The first kappa shape index (κ1) is 67.3. The zero-order valence-corrected chi connectivity index (χ0v) is 60.7. The average Bonchev–Trinajstić information content (AvgIpc) is 0.799. The highest BCUT2D eigenvalue weighted by molar-refractivity contribution is 5.91. The Kier molecular flexibility index (Phi) is 18.9. The quantitative estimate of drug-likeness (QED) is 0.0754. The van der Waals surface area contributed by atoms with Crippen LogP contribution in [-0.4, -0.2) is 0 Å². The van der Waals surface area contributed by atoms with Crippen molar-refractivity contribution in [2.75, 3.05) is 19.6 Å². The van der Waals surface area contributed by atoms with E-state index in [0.29, 0.717) is 0 Å². The van der Waals surface area contributed by atoms with Crippen LogP contribution in [-0.2, 0) is 0 Å². The molecule has 0 aliphatic carbocycles. The molecule has 520 valence electrons. The number of para-hydroxylation sites is 3. The lowest BCUT2D eigenvalue weighted by atomic mass is 9.97. The van der Waals surface area contributed by atoms with E-state index in [2.05, 4.69) is 481 Å². The SMILES string of the molecule is c1ccc(-c2ccc(N(c3ccc(-c4ccc(-c5ccc(-c6ccc(N(c7ccc(-c8ccccc8)cc7)c7ccc(-c8ccc(N(c9ccccc9)c9ccc%10ccccc%10c9)cc8)cc7)cc6)cc5)cc4)cc3)c3ccc(-c4ccc(-c5ccc(N(c6ccccc6)c6ccccc6)cc5)cc4)cc3)cc2)cc1. The number of fused-ring (bicyclic) bond motifs is 1. The number of benzene rings is 18. The predicted octanol–water partition coefficient (Wildman–Crippen LogP) is 30.1. The molecule has 4 nitrogen and oxygen atoms in total. The van der Waals surface area contributed by atoms with E-state index in [1.165, 1.54) is 55.3 Å². The lowest BCUT2D eigenvalue weighted by Crippen LogP contribution is -2.10. The summed E-state index contributed by atoms with van der Waals surface area (Å²) in [6, 6.07) is 166. The molecular weight excluding hydrogens is 1330 g/mol. The first-order valence-electron chi connectivity index (χ1n) is 37.6. The molecule has 0 heterocycles. The summed E-state index contributed by atoms with van der Waals surface area (Å²) in [5, 5.41) is 2.44. The van der Waals surface area contributed by atoms with E-state index in [-0.39, 0.29) is 0 Å². The molecule has 0 N–H and O–H groups in total. The molecule has 0 saturated heterocycles. The molecule has 0 bridgehead atoms. The maximum atomic E-state index is 2.35. The third kappa shape index (κ3) is 14.4. The zero-order chi connectivity index (χ0) is 73.4. The number of rotatable bonds is 20. The first-order valence-corrected chi connectivity index (χ1v) is 37.6. The molecule has 0 saturated carbocycles. The molecule has 0 aromatic heterocycles. The van der Waals surface area contributed by atoms with Crippen LogP contribution in [0.5, 0.6) is 0 Å². The number of nitrogens with zero attached hydrogens (tertiary/aromatic N) is 4. The molecule has 18 rings (SSSR count). The van der Waals surface area contributed by atoms with Gasteiger partial charge in [-0.25, -0.2) is 0 Å². The second-order valence-electron chi connectivity index (χ2n) is 27.7. The van der Waals surface area contributed by atoms with Crippen molar-refractivity contribution in [3.8, 4) is 89.0 Å². The van der Waals surface area contributed by atoms with E-state index in [9.17, 15) is 0 Å². The molecule has 0 atom stereocenters. The Balaban J connectivity index is 0.564. The van der Waals surface area contributed by atoms with Gasteiger partial charge in [-0.05, 0) is 245 Å². The van der Waals surface area contributed by atoms with Crippen molar-refractivity contribution in [1.82, 2.24) is 0 Å². The molecular formula is C106H76N4. The molecule has 110 heavy (non-hydrogen) atoms. The molecule has 0 aliphatic heterocycles. The first-order chi connectivity index (χ1) is 54.5. The lowest BCUT2D eigenvalue weighted by molar-refractivity contribution is 1.28. The third-order valence-corrected chi connectivity index (χ3v) is 20.9. The van der Waals surface area contributed by atoms with Crippen LogP contribution in [0.2, 0.25) is 0 Å². The Morgan fingerprint density at radius 2 is 0.227 bits per heavy atom. The second kappa shape index (κ2) is 30.9. The molecule has 18 aromatic carbocycles. The summed E-state index contributed by atoms with van der Waals surface area (Å²) in [7, 11) is 0. The van der Waals surface area contributed by atoms with Crippen molar-refractivity contribution in [3.05, 3.63) is 461 Å². The smallest absolute Gasteiger partial charge is 0.0468 e. The molecule has 0 unspecified atom stereocenters. The van der Waals surface area contributed by atoms with E-state index in [1.807, 2.05) is 0 Å². The number of hydrogen-bond acceptors (Lipinski definition) is 4. The lowest BCUT2D eigenvalue weighted by Gasteiger charge is -2.26. The highest BCUT2D eigenvalue weighted by Crippen LogP contribution is 2.44. The van der Waals surface area contributed by atoms with Gasteiger partial charge in [0.1, 0.15) is 0 Å². The Morgan fingerprint density at radius 1 is 0.0909 bits per heavy atom. The van der Waals surface area contributed by atoms with Crippen molar-refractivity contribution >= 4 is 79.0 Å². The minimum atomic E-state index is 1.07. The maximum Gasteiger partial charge on any atom is 0.0468 e. The van der Waals surface area contributed by atoms with Gasteiger partial charge in [0.25, 0.3) is 0 Å². The Hall–Kier alpha value is -14.6. The number of hydrogen-bond donors (Lipinski definition) is 0. The van der Waals surface area contributed by atoms with Crippen molar-refractivity contribution in [2.45, 2.75) is 0 Å². The van der Waals surface area contributed by atoms with Gasteiger partial charge in [0.2, 0.25) is 0 Å². The fourth-order valence-electron chi connectivity index (χ4n) is 15.1. The van der Waals surface area contributed by atoms with Gasteiger partial charge in [0.15, 0.2) is 0 Å². The summed E-state index contributed by atoms with van der Waals surface area (Å²) in [6.07, 6.45) is 0. The summed E-state index contributed by atoms with van der Waals surface area (Å²) < 4.78 is 0. The monoisotopic (exact) mass is 1400 g/mol. The topological polar surface area (TPSA) is 13.0 Å². The van der Waals surface area contributed by atoms with Crippen molar-refractivity contribution < 1.29 is 0 Å². The highest BCUT2D eigenvalue weighted by Gasteiger charge is 2.20. The van der Waals surface area contributed by atoms with Crippen LogP contribution in [0.1, 0.15) is 0 Å². The van der Waals surface area contributed by atoms with Crippen molar-refractivity contribution in [2.24, 2.45) is 0 Å². The number of anilines is 12. The predicted molar refractivity (Wildman–Crippen MR) is 466 cm³/mol. The van der Waals surface area contributed by atoms with Crippen LogP contribution < -0.4 is 19.6 Å². The fraction of sp³-hybridized carbons (Fsp3) is 0. The highest BCUT2D eigenvalue weighted by atomic mass is 15.2. The van der Waals surface area contributed by atoms with E-state index in [0.717, 1.165) is 113 Å². The summed E-state index contributed by atoms with van der Waals surface area (Å²) in [6.45, 7) is 0. The van der Waals surface area contributed by atoms with Crippen LogP contribution in [0.25, 0.3) is 99.8 Å². The molecule has 4 heteroatoms. The van der Waals surface area contributed by atoms with Crippen LogP contribution in [0, 0.1) is 0 Å². The molecule has 0 fully saturated rings. The van der Waals surface area contributed by atoms with E-state index in [1.54, 1.807) is 0 Å². The van der Waals surface area contributed by atoms with Crippen LogP contribution in [0.15, 0.2) is 461 Å². The summed E-state index contributed by atoms with van der Waals surface area (Å²) in [5.41, 5.74) is 31.8. The fourth-order valence-corrected chi connectivity index (χ4v) is 15.1. The van der Waals surface area contributed by atoms with E-state index in [4.69, 9.17) is 0 Å². The summed E-state index contributed by atoms with van der Waals surface area (Å²) >= 11 is 0. The standard InChI is InChI=1S/C106H76N4/c1-6-18-77(19-7-1)86-42-59-99(60-43-86)108(102-69-52-91(53-70-102)85-40-38-84(39-41-85)88-46-63-98(64-47-88)107(95-24-10-3-11-25-95)96-26-12-4-13-27-96)101-65-48-89(49-66-101)82-34-30-80(31-35-82)81-32-36-83(37-33-81)90-50-67-103(68-51-90)109(100-61-44-87(45-62-100)78-20-8-2-9-21-78)104-71-54-92(55-72-104)93-56-73-105(74-57-93)110(97-28-14-5-15-29-97)106-75-58-79-22-16-17-23-94(79)76-106/h1-76H. The minimum Gasteiger partial charge on any atom is -0.311 e. The molecule has 18 aromatic rings. The molecule has 0 spiro atoms. The van der Waals surface area contributed by atoms with Gasteiger partial charge in [-0.15, -0.1) is 0 Å². The molecule has 0 radical (unpaired) electrons. The van der Waals surface area contributed by atoms with Gasteiger partial charge >= 0.3 is 0 Å². The van der Waals surface area contributed by atoms with Gasteiger partial charge < -0.3 is 19.6 Å². The molecule has 0 amide bonds. The largest absolute Gasteiger partial charge is 0.311 e. The van der Waals surface area contributed by atoms with Crippen molar-refractivity contribution in [3.63, 3.8) is 0 Å². The summed E-state index contributed by atoms with van der Waals surface area (Å²) in [4.78, 5) is 9.32. The summed E-state index contributed by atoms with van der Waals surface area (Å²) in [5.74, 6) is 0. The van der Waals surface area contributed by atoms with Gasteiger partial charge in [0, 0.05) is 68.2 Å². The molecule has 0 aliphatic rings. The third-order valence-electron chi connectivity index (χ3n) is 20.9. The Labute approximate surface area is 644 Å². The maximum absolute atomic E-state index is 2.35. The average molecular weight is 1410 g/mol. The van der Waals surface area contributed by atoms with Crippen LogP contribution in [0.4, 0.5) is 68.2 Å². The zero-order valence-electron chi connectivity index (χ0n) is 60.7. The van der Waals surface area contributed by atoms with Gasteiger partial charge in [-0.3, -0.25) is 0 Å². The van der Waals surface area contributed by atoms with Gasteiger partial charge in [-0.1, -0.05) is 315 Å². The Bertz CT molecular complexity index is 6030. The second-order valence-corrected chi connectivity index (χ2v) is 27.7.